The number of imidazole rings is 1. The van der Waals surface area contributed by atoms with Crippen LogP contribution in [0.2, 0.25) is 0 Å². The summed E-state index contributed by atoms with van der Waals surface area (Å²) in [6.07, 6.45) is 5.54. The summed E-state index contributed by atoms with van der Waals surface area (Å²) in [6, 6.07) is 4.98. The number of hydrogen-bond donors (Lipinski definition) is 0. The maximum Gasteiger partial charge on any atom is 0.128 e. The molecule has 0 radical (unpaired) electrons. The minimum absolute atomic E-state index is 0.233. The van der Waals surface area contributed by atoms with Crippen LogP contribution in [0.4, 0.5) is 4.39 Å². The summed E-state index contributed by atoms with van der Waals surface area (Å²) in [7, 11) is 0. The fourth-order valence-corrected chi connectivity index (χ4v) is 3.51. The summed E-state index contributed by atoms with van der Waals surface area (Å²) < 4.78 is 17.1. The molecule has 0 amide bonds. The highest BCUT2D eigenvalue weighted by molar-refractivity contribution is 9.10. The van der Waals surface area contributed by atoms with E-state index in [1.165, 1.54) is 6.07 Å². The van der Waals surface area contributed by atoms with Crippen LogP contribution in [-0.4, -0.2) is 20.9 Å². The maximum absolute atomic E-state index is 14.2. The van der Waals surface area contributed by atoms with Gasteiger partial charge in [0.05, 0.1) is 24.8 Å². The van der Waals surface area contributed by atoms with Gasteiger partial charge in [0.25, 0.3) is 0 Å². The summed E-state index contributed by atoms with van der Waals surface area (Å²) in [5.74, 6) is -0.233. The summed E-state index contributed by atoms with van der Waals surface area (Å²) in [5, 5.41) is 0.885. The Bertz CT molecular complexity index is 697. The third-order valence-corrected chi connectivity index (χ3v) is 4.64. The van der Waals surface area contributed by atoms with Crippen molar-refractivity contribution in [3.8, 4) is 0 Å². The van der Waals surface area contributed by atoms with Crippen LogP contribution in [0.3, 0.4) is 0 Å². The normalized spacial score (nSPS) is 21.5. The van der Waals surface area contributed by atoms with Gasteiger partial charge in [0.15, 0.2) is 0 Å². The van der Waals surface area contributed by atoms with Crippen molar-refractivity contribution in [2.45, 2.75) is 19.0 Å². The largest absolute Gasteiger partial charge is 0.326 e. The Kier molecular flexibility index (Phi) is 3.46. The molecule has 104 valence electrons. The van der Waals surface area contributed by atoms with E-state index in [4.69, 9.17) is 4.99 Å². The number of fused-ring (bicyclic) bond motifs is 1. The van der Waals surface area contributed by atoms with Crippen LogP contribution < -0.4 is 0 Å². The molecule has 0 saturated carbocycles. The zero-order valence-electron chi connectivity index (χ0n) is 11.1. The second-order valence-electron chi connectivity index (χ2n) is 4.93. The molecular weight excluding hydrogens is 341 g/mol. The van der Waals surface area contributed by atoms with Gasteiger partial charge in [-0.2, -0.15) is 0 Å². The van der Waals surface area contributed by atoms with Crippen molar-refractivity contribution in [1.29, 1.82) is 0 Å². The van der Waals surface area contributed by atoms with Gasteiger partial charge in [-0.3, -0.25) is 4.99 Å². The molecule has 3 nitrogen and oxygen atoms in total. The fraction of sp³-hybridized carbons (Fsp3) is 0.286. The van der Waals surface area contributed by atoms with Gasteiger partial charge in [0, 0.05) is 10.0 Å². The van der Waals surface area contributed by atoms with Crippen molar-refractivity contribution in [2.75, 3.05) is 6.26 Å². The first kappa shape index (κ1) is 13.8. The van der Waals surface area contributed by atoms with Crippen molar-refractivity contribution >= 4 is 32.7 Å². The molecule has 2 aromatic rings. The molecule has 0 spiro atoms. The van der Waals surface area contributed by atoms with Crippen molar-refractivity contribution in [1.82, 2.24) is 9.55 Å². The Balaban J connectivity index is 2.16. The van der Waals surface area contributed by atoms with E-state index < -0.39 is 5.54 Å². The van der Waals surface area contributed by atoms with Crippen LogP contribution in [0, 0.1) is 5.82 Å². The molecule has 1 aliphatic heterocycles. The number of halogens is 2. The standard InChI is InChI=1S/C14H13BrFN3S/c1-14(10-5-9(15)3-4-11(10)16)7-19-8-17-6-12(19)13(18-14)20-2/h3-6,8H,7H2,1-2H3/t14-/m0/s1. The van der Waals surface area contributed by atoms with Crippen LogP contribution in [0.5, 0.6) is 0 Å². The molecule has 2 heterocycles. The second kappa shape index (κ2) is 5.00. The van der Waals surface area contributed by atoms with E-state index in [0.717, 1.165) is 15.2 Å². The average molecular weight is 354 g/mol. The predicted octanol–water partition coefficient (Wildman–Crippen LogP) is 3.82. The number of nitrogens with zero attached hydrogens (tertiary/aromatic N) is 3. The summed E-state index contributed by atoms with van der Waals surface area (Å²) in [6.45, 7) is 2.54. The van der Waals surface area contributed by atoms with E-state index in [1.807, 2.05) is 17.7 Å². The Labute approximate surface area is 129 Å². The summed E-state index contributed by atoms with van der Waals surface area (Å²) in [5.41, 5.74) is 0.961. The van der Waals surface area contributed by atoms with Crippen LogP contribution >= 0.6 is 27.7 Å². The van der Waals surface area contributed by atoms with Gasteiger partial charge in [-0.15, -0.1) is 11.8 Å². The Morgan fingerprint density at radius 1 is 1.45 bits per heavy atom. The zero-order chi connectivity index (χ0) is 14.3. The van der Waals surface area contributed by atoms with Gasteiger partial charge in [-0.1, -0.05) is 15.9 Å². The lowest BCUT2D eigenvalue weighted by atomic mass is 9.91. The number of thioether (sulfide) groups is 1. The second-order valence-corrected chi connectivity index (χ2v) is 6.64. The SMILES string of the molecule is CSC1=N[C@](C)(c2cc(Br)ccc2F)Cn2cncc21. The average Bonchev–Trinajstić information content (AvgIpc) is 2.88. The molecular formula is C14H13BrFN3S. The minimum Gasteiger partial charge on any atom is -0.326 e. The third-order valence-electron chi connectivity index (χ3n) is 3.46. The monoisotopic (exact) mass is 353 g/mol. The molecule has 0 aliphatic carbocycles. The molecule has 1 aromatic carbocycles. The molecule has 1 aliphatic rings. The number of rotatable bonds is 1. The smallest absolute Gasteiger partial charge is 0.128 e. The van der Waals surface area contributed by atoms with Gasteiger partial charge in [-0.25, -0.2) is 9.37 Å². The van der Waals surface area contributed by atoms with E-state index in [2.05, 4.69) is 20.9 Å². The first-order valence-corrected chi connectivity index (χ1v) is 8.15. The molecule has 0 N–H and O–H groups in total. The van der Waals surface area contributed by atoms with Crippen LogP contribution in [0.25, 0.3) is 0 Å². The first-order chi connectivity index (χ1) is 9.53. The van der Waals surface area contributed by atoms with Crippen molar-refractivity contribution in [3.63, 3.8) is 0 Å². The van der Waals surface area contributed by atoms with Crippen molar-refractivity contribution < 1.29 is 4.39 Å². The lowest BCUT2D eigenvalue weighted by Crippen LogP contribution is -2.33. The number of benzene rings is 1. The van der Waals surface area contributed by atoms with E-state index in [0.29, 0.717) is 12.1 Å². The molecule has 0 fully saturated rings. The molecule has 3 rings (SSSR count). The minimum atomic E-state index is -0.625. The number of aliphatic imine (C=N–C) groups is 1. The van der Waals surface area contributed by atoms with E-state index >= 15 is 0 Å². The van der Waals surface area contributed by atoms with E-state index in [1.54, 1.807) is 36.4 Å². The van der Waals surface area contributed by atoms with Crippen molar-refractivity contribution in [2.24, 2.45) is 4.99 Å². The maximum atomic E-state index is 14.2. The molecule has 1 aromatic heterocycles. The zero-order valence-corrected chi connectivity index (χ0v) is 13.5. The van der Waals surface area contributed by atoms with E-state index in [9.17, 15) is 4.39 Å². The highest BCUT2D eigenvalue weighted by Crippen LogP contribution is 2.36. The van der Waals surface area contributed by atoms with E-state index in [-0.39, 0.29) is 5.82 Å². The number of aromatic nitrogens is 2. The van der Waals surface area contributed by atoms with Crippen LogP contribution in [0.1, 0.15) is 18.2 Å². The van der Waals surface area contributed by atoms with Gasteiger partial charge in [0.1, 0.15) is 16.4 Å². The molecule has 0 unspecified atom stereocenters. The quantitative estimate of drug-likeness (QED) is 0.779. The highest BCUT2D eigenvalue weighted by Gasteiger charge is 2.35. The number of hydrogen-bond acceptors (Lipinski definition) is 3. The first-order valence-electron chi connectivity index (χ1n) is 6.13. The molecule has 6 heteroatoms. The predicted molar refractivity (Wildman–Crippen MR) is 83.7 cm³/mol. The summed E-state index contributed by atoms with van der Waals surface area (Å²) >= 11 is 4.96. The molecule has 20 heavy (non-hydrogen) atoms. The van der Waals surface area contributed by atoms with Crippen LogP contribution in [-0.2, 0) is 12.1 Å². The van der Waals surface area contributed by atoms with Crippen LogP contribution in [0.15, 0.2) is 40.2 Å². The van der Waals surface area contributed by atoms with Gasteiger partial charge >= 0.3 is 0 Å². The highest BCUT2D eigenvalue weighted by atomic mass is 79.9. The van der Waals surface area contributed by atoms with Gasteiger partial charge < -0.3 is 4.57 Å². The lowest BCUT2D eigenvalue weighted by Gasteiger charge is -2.32. The Morgan fingerprint density at radius 3 is 3.00 bits per heavy atom. The molecule has 0 bridgehead atoms. The van der Waals surface area contributed by atoms with Crippen molar-refractivity contribution in [3.05, 3.63) is 52.3 Å². The molecule has 1 atom stereocenters. The molecule has 0 saturated heterocycles. The summed E-state index contributed by atoms with van der Waals surface area (Å²) in [4.78, 5) is 8.94. The lowest BCUT2D eigenvalue weighted by molar-refractivity contribution is 0.386. The van der Waals surface area contributed by atoms with Gasteiger partial charge in [-0.05, 0) is 31.4 Å². The Morgan fingerprint density at radius 2 is 2.25 bits per heavy atom. The van der Waals surface area contributed by atoms with Gasteiger partial charge in [0.2, 0.25) is 0 Å². The topological polar surface area (TPSA) is 30.2 Å². The fourth-order valence-electron chi connectivity index (χ4n) is 2.48. The third kappa shape index (κ3) is 2.20. The Hall–Kier alpha value is -1.14.